The minimum Gasteiger partial charge on any atom is -0.325 e. The van der Waals surface area contributed by atoms with Crippen LogP contribution in [-0.4, -0.2) is 15.3 Å². The third kappa shape index (κ3) is 4.56. The van der Waals surface area contributed by atoms with E-state index in [4.69, 9.17) is 4.98 Å². The number of amides is 1. The number of carbonyl (C=O) groups is 1. The van der Waals surface area contributed by atoms with Crippen molar-refractivity contribution in [3.63, 3.8) is 0 Å². The van der Waals surface area contributed by atoms with Gasteiger partial charge in [0.15, 0.2) is 4.96 Å². The number of para-hydroxylation sites is 1. The summed E-state index contributed by atoms with van der Waals surface area (Å²) in [5.74, 6) is 0.927. The van der Waals surface area contributed by atoms with E-state index >= 15 is 0 Å². The predicted octanol–water partition coefficient (Wildman–Crippen LogP) is 4.91. The van der Waals surface area contributed by atoms with Gasteiger partial charge in [-0.3, -0.25) is 14.0 Å². The lowest BCUT2D eigenvalue weighted by molar-refractivity contribution is -0.116. The van der Waals surface area contributed by atoms with Gasteiger partial charge in [-0.25, -0.2) is 4.98 Å². The average molecular weight is 428 g/mol. The lowest BCUT2D eigenvalue weighted by Gasteiger charge is -2.12. The Morgan fingerprint density at radius 1 is 1.28 bits per heavy atom. The lowest BCUT2D eigenvalue weighted by atomic mass is 10.0. The molecule has 5 nitrogen and oxygen atoms in total. The summed E-state index contributed by atoms with van der Waals surface area (Å²) in [6.45, 7) is 4.06. The third-order valence-corrected chi connectivity index (χ3v) is 7.19. The third-order valence-electron chi connectivity index (χ3n) is 4.95. The normalized spacial score (nSPS) is 13.6. The highest BCUT2D eigenvalue weighted by Gasteiger charge is 2.18. The summed E-state index contributed by atoms with van der Waals surface area (Å²) in [4.78, 5) is 32.7. The summed E-state index contributed by atoms with van der Waals surface area (Å²) in [5.41, 5.74) is 2.77. The van der Waals surface area contributed by atoms with Crippen molar-refractivity contribution < 1.29 is 4.79 Å². The van der Waals surface area contributed by atoms with Crippen molar-refractivity contribution in [2.45, 2.75) is 56.6 Å². The number of carbonyl (C=O) groups excluding carboxylic acids is 1. The number of nitrogens with zero attached hydrogens (tertiary/aromatic N) is 2. The number of nitrogens with one attached hydrogen (secondary N) is 1. The molecule has 0 saturated carbocycles. The van der Waals surface area contributed by atoms with Gasteiger partial charge in [-0.05, 0) is 43.7 Å². The zero-order valence-corrected chi connectivity index (χ0v) is 18.4. The van der Waals surface area contributed by atoms with Gasteiger partial charge < -0.3 is 5.32 Å². The molecule has 0 fully saturated rings. The first kappa shape index (κ1) is 20.2. The highest BCUT2D eigenvalue weighted by molar-refractivity contribution is 7.98. The first-order chi connectivity index (χ1) is 14.0. The molecule has 2 heterocycles. The lowest BCUT2D eigenvalue weighted by Crippen LogP contribution is -2.17. The van der Waals surface area contributed by atoms with Crippen molar-refractivity contribution in [3.8, 4) is 0 Å². The number of benzene rings is 1. The maximum atomic E-state index is 12.7. The van der Waals surface area contributed by atoms with Gasteiger partial charge in [0.25, 0.3) is 5.56 Å². The molecule has 0 bridgehead atoms. The van der Waals surface area contributed by atoms with E-state index in [0.717, 1.165) is 46.2 Å². The zero-order valence-electron chi connectivity index (χ0n) is 16.7. The summed E-state index contributed by atoms with van der Waals surface area (Å²) in [7, 11) is 0. The topological polar surface area (TPSA) is 63.5 Å². The van der Waals surface area contributed by atoms with Crippen LogP contribution in [-0.2, 0) is 23.4 Å². The number of hydrogen-bond acceptors (Lipinski definition) is 5. The fraction of sp³-hybridized carbons (Fsp3) is 0.409. The van der Waals surface area contributed by atoms with Gasteiger partial charge in [-0.15, -0.1) is 23.1 Å². The summed E-state index contributed by atoms with van der Waals surface area (Å²) in [6, 6.07) is 9.44. The van der Waals surface area contributed by atoms with Crippen molar-refractivity contribution in [1.29, 1.82) is 0 Å². The van der Waals surface area contributed by atoms with Crippen LogP contribution < -0.4 is 10.9 Å². The molecule has 0 atom stereocenters. The van der Waals surface area contributed by atoms with E-state index in [2.05, 4.69) is 5.32 Å². The number of thioether (sulfide) groups is 1. The first-order valence-corrected chi connectivity index (χ1v) is 11.9. The van der Waals surface area contributed by atoms with Crippen LogP contribution in [0.25, 0.3) is 4.96 Å². The Morgan fingerprint density at radius 2 is 2.07 bits per heavy atom. The largest absolute Gasteiger partial charge is 0.325 e. The van der Waals surface area contributed by atoms with Crippen LogP contribution >= 0.6 is 23.1 Å². The molecule has 0 spiro atoms. The molecule has 0 radical (unpaired) electrons. The number of rotatable bonds is 6. The molecule has 1 amide bonds. The van der Waals surface area contributed by atoms with Crippen LogP contribution in [0, 0.1) is 5.92 Å². The standard InChI is InChI=1S/C22H25N3O2S2/c1-14(2)11-20(26)24-16-7-3-5-9-18(16)28-13-15-12-21(27)25-17-8-4-6-10-19(17)29-22(25)23-15/h3,5,7,9,12,14H,4,6,8,10-11,13H2,1-2H3,(H,24,26). The number of fused-ring (bicyclic) bond motifs is 3. The Morgan fingerprint density at radius 3 is 2.90 bits per heavy atom. The molecule has 3 aromatic rings. The van der Waals surface area contributed by atoms with Crippen LogP contribution in [0.1, 0.15) is 49.4 Å². The Bertz CT molecular complexity index is 1100. The minimum atomic E-state index is 0.0171. The number of aryl methyl sites for hydroxylation is 2. The Balaban J connectivity index is 1.53. The van der Waals surface area contributed by atoms with Gasteiger partial charge in [0, 0.05) is 33.7 Å². The maximum absolute atomic E-state index is 12.7. The minimum absolute atomic E-state index is 0.0171. The first-order valence-electron chi connectivity index (χ1n) is 10.1. The van der Waals surface area contributed by atoms with E-state index in [9.17, 15) is 9.59 Å². The summed E-state index contributed by atoms with van der Waals surface area (Å²) >= 11 is 3.24. The molecule has 0 saturated heterocycles. The van der Waals surface area contributed by atoms with Crippen molar-refractivity contribution in [2.75, 3.05) is 5.32 Å². The smallest absolute Gasteiger partial charge is 0.259 e. The van der Waals surface area contributed by atoms with Crippen LogP contribution in [0.2, 0.25) is 0 Å². The van der Waals surface area contributed by atoms with Gasteiger partial charge in [-0.1, -0.05) is 26.0 Å². The second kappa shape index (κ2) is 8.71. The number of anilines is 1. The molecule has 152 valence electrons. The second-order valence-corrected chi connectivity index (χ2v) is 9.89. The van der Waals surface area contributed by atoms with E-state index < -0.39 is 0 Å². The number of aromatic nitrogens is 2. The van der Waals surface area contributed by atoms with E-state index in [-0.39, 0.29) is 11.5 Å². The fourth-order valence-corrected chi connectivity index (χ4v) is 5.77. The van der Waals surface area contributed by atoms with E-state index in [1.165, 1.54) is 11.3 Å². The van der Waals surface area contributed by atoms with Gasteiger partial charge in [0.2, 0.25) is 5.91 Å². The molecule has 1 N–H and O–H groups in total. The van der Waals surface area contributed by atoms with E-state index in [0.29, 0.717) is 18.1 Å². The number of thiazole rings is 1. The molecule has 0 aliphatic heterocycles. The SMILES string of the molecule is CC(C)CC(=O)Nc1ccccc1SCc1cc(=O)n2c3c(sc2n1)CCCC3. The molecule has 1 aliphatic rings. The molecule has 7 heteroatoms. The number of hydrogen-bond donors (Lipinski definition) is 1. The summed E-state index contributed by atoms with van der Waals surface area (Å²) in [6.07, 6.45) is 4.85. The summed E-state index contributed by atoms with van der Waals surface area (Å²) in [5, 5.41) is 3.01. The van der Waals surface area contributed by atoms with E-state index in [1.54, 1.807) is 33.6 Å². The average Bonchev–Trinajstić information content (AvgIpc) is 3.05. The van der Waals surface area contributed by atoms with Gasteiger partial charge in [-0.2, -0.15) is 0 Å². The van der Waals surface area contributed by atoms with Crippen LogP contribution in [0.15, 0.2) is 40.0 Å². The second-order valence-electron chi connectivity index (χ2n) is 7.81. The Kier molecular flexibility index (Phi) is 6.06. The van der Waals surface area contributed by atoms with E-state index in [1.807, 2.05) is 38.1 Å². The maximum Gasteiger partial charge on any atom is 0.259 e. The zero-order chi connectivity index (χ0) is 20.4. The van der Waals surface area contributed by atoms with Crippen molar-refractivity contribution >= 4 is 39.7 Å². The van der Waals surface area contributed by atoms with Crippen LogP contribution in [0.5, 0.6) is 0 Å². The molecule has 0 unspecified atom stereocenters. The molecular formula is C22H25N3O2S2. The van der Waals surface area contributed by atoms with Crippen LogP contribution in [0.3, 0.4) is 0 Å². The Hall–Kier alpha value is -2.12. The highest BCUT2D eigenvalue weighted by Crippen LogP contribution is 2.31. The highest BCUT2D eigenvalue weighted by atomic mass is 32.2. The summed E-state index contributed by atoms with van der Waals surface area (Å²) < 4.78 is 1.80. The molecule has 29 heavy (non-hydrogen) atoms. The van der Waals surface area contributed by atoms with Crippen LogP contribution in [0.4, 0.5) is 5.69 Å². The van der Waals surface area contributed by atoms with Crippen molar-refractivity contribution in [3.05, 3.63) is 57.0 Å². The van der Waals surface area contributed by atoms with Crippen molar-refractivity contribution in [2.24, 2.45) is 5.92 Å². The Labute approximate surface area is 178 Å². The molecule has 1 aromatic carbocycles. The van der Waals surface area contributed by atoms with Gasteiger partial charge >= 0.3 is 0 Å². The molecule has 4 rings (SSSR count). The monoisotopic (exact) mass is 427 g/mol. The fourth-order valence-electron chi connectivity index (χ4n) is 3.64. The van der Waals surface area contributed by atoms with Gasteiger partial charge in [0.05, 0.1) is 11.4 Å². The van der Waals surface area contributed by atoms with Crippen molar-refractivity contribution in [1.82, 2.24) is 9.38 Å². The molecular weight excluding hydrogens is 402 g/mol. The quantitative estimate of drug-likeness (QED) is 0.568. The van der Waals surface area contributed by atoms with Gasteiger partial charge in [0.1, 0.15) is 0 Å². The molecule has 2 aromatic heterocycles. The molecule has 1 aliphatic carbocycles. The predicted molar refractivity (Wildman–Crippen MR) is 120 cm³/mol.